The van der Waals surface area contributed by atoms with E-state index < -0.39 is 0 Å². The van der Waals surface area contributed by atoms with E-state index in [0.717, 1.165) is 51.3 Å². The fourth-order valence-electron chi connectivity index (χ4n) is 3.61. The van der Waals surface area contributed by atoms with E-state index in [-0.39, 0.29) is 12.0 Å². The molecule has 0 bridgehead atoms. The zero-order valence-electron chi connectivity index (χ0n) is 11.1. The first-order valence-corrected chi connectivity index (χ1v) is 7.48. The van der Waals surface area contributed by atoms with E-state index >= 15 is 0 Å². The fourth-order valence-corrected chi connectivity index (χ4v) is 3.61. The molecule has 102 valence electrons. The Hall–Kier alpha value is -0.610. The second-order valence-corrected chi connectivity index (χ2v) is 5.87. The molecule has 3 rings (SSSR count). The second kappa shape index (κ2) is 5.57. The molecule has 0 aliphatic carbocycles. The summed E-state index contributed by atoms with van der Waals surface area (Å²) in [4.78, 5) is 14.2. The van der Waals surface area contributed by atoms with Gasteiger partial charge < -0.3 is 15.0 Å². The molecule has 18 heavy (non-hydrogen) atoms. The van der Waals surface area contributed by atoms with Gasteiger partial charge in [0.1, 0.15) is 6.10 Å². The molecule has 4 heteroatoms. The molecule has 4 nitrogen and oxygen atoms in total. The van der Waals surface area contributed by atoms with Gasteiger partial charge in [-0.05, 0) is 51.0 Å². The van der Waals surface area contributed by atoms with Gasteiger partial charge in [0, 0.05) is 25.7 Å². The smallest absolute Gasteiger partial charge is 0.251 e. The summed E-state index contributed by atoms with van der Waals surface area (Å²) in [6.45, 7) is 3.81. The lowest BCUT2D eigenvalue weighted by Crippen LogP contribution is -2.46. The van der Waals surface area contributed by atoms with Gasteiger partial charge in [0.05, 0.1) is 0 Å². The highest BCUT2D eigenvalue weighted by atomic mass is 16.5. The average Bonchev–Trinajstić information content (AvgIpc) is 3.11. The molecule has 3 aliphatic heterocycles. The molecule has 0 aromatic carbocycles. The van der Waals surface area contributed by atoms with Gasteiger partial charge in [0.15, 0.2) is 0 Å². The Labute approximate surface area is 109 Å². The highest BCUT2D eigenvalue weighted by molar-refractivity contribution is 5.81. The molecule has 0 aromatic rings. The number of nitrogens with one attached hydrogen (secondary N) is 1. The summed E-state index contributed by atoms with van der Waals surface area (Å²) in [7, 11) is 0. The Kier molecular flexibility index (Phi) is 3.85. The van der Waals surface area contributed by atoms with Gasteiger partial charge in [0.25, 0.3) is 5.91 Å². The number of rotatable bonds is 2. The standard InChI is InChI=1S/C14H24N2O2/c17-14(13-4-2-10-18-13)16-8-5-11(6-9-16)12-3-1-7-15-12/h11-13,15H,1-10H2/t12?,13-/m1/s1. The van der Waals surface area contributed by atoms with Crippen LogP contribution in [0.1, 0.15) is 38.5 Å². The van der Waals surface area contributed by atoms with E-state index in [9.17, 15) is 4.79 Å². The molecule has 0 radical (unpaired) electrons. The number of amides is 1. The number of nitrogens with zero attached hydrogens (tertiary/aromatic N) is 1. The Morgan fingerprint density at radius 2 is 1.94 bits per heavy atom. The maximum atomic E-state index is 12.2. The summed E-state index contributed by atoms with van der Waals surface area (Å²) in [5, 5.41) is 3.60. The quantitative estimate of drug-likeness (QED) is 0.802. The minimum atomic E-state index is -0.133. The van der Waals surface area contributed by atoms with Crippen molar-refractivity contribution in [3.63, 3.8) is 0 Å². The molecule has 2 atom stereocenters. The van der Waals surface area contributed by atoms with Crippen molar-refractivity contribution in [3.05, 3.63) is 0 Å². The van der Waals surface area contributed by atoms with Crippen molar-refractivity contribution in [2.45, 2.75) is 50.7 Å². The number of hydrogen-bond donors (Lipinski definition) is 1. The number of likely N-dealkylation sites (tertiary alicyclic amines) is 1. The first-order chi connectivity index (χ1) is 8.84. The number of hydrogen-bond acceptors (Lipinski definition) is 3. The van der Waals surface area contributed by atoms with Crippen LogP contribution in [0.25, 0.3) is 0 Å². The van der Waals surface area contributed by atoms with Gasteiger partial charge in [-0.15, -0.1) is 0 Å². The van der Waals surface area contributed by atoms with Gasteiger partial charge in [-0.25, -0.2) is 0 Å². The SMILES string of the molecule is O=C([C@H]1CCCO1)N1CCC(C2CCCN2)CC1. The van der Waals surface area contributed by atoms with Crippen molar-refractivity contribution in [1.29, 1.82) is 0 Å². The van der Waals surface area contributed by atoms with Gasteiger partial charge in [-0.2, -0.15) is 0 Å². The van der Waals surface area contributed by atoms with E-state index in [4.69, 9.17) is 4.74 Å². The molecular formula is C14H24N2O2. The summed E-state index contributed by atoms with van der Waals surface area (Å²) in [6, 6.07) is 0.713. The van der Waals surface area contributed by atoms with E-state index in [1.54, 1.807) is 0 Å². The molecule has 0 aromatic heterocycles. The summed E-state index contributed by atoms with van der Waals surface area (Å²) in [5.74, 6) is 1.02. The van der Waals surface area contributed by atoms with Crippen LogP contribution in [0.2, 0.25) is 0 Å². The fraction of sp³-hybridized carbons (Fsp3) is 0.929. The minimum absolute atomic E-state index is 0.133. The Balaban J connectivity index is 1.48. The van der Waals surface area contributed by atoms with E-state index in [1.165, 1.54) is 19.4 Å². The summed E-state index contributed by atoms with van der Waals surface area (Å²) in [5.41, 5.74) is 0. The van der Waals surface area contributed by atoms with Crippen molar-refractivity contribution < 1.29 is 9.53 Å². The van der Waals surface area contributed by atoms with Gasteiger partial charge in [0.2, 0.25) is 0 Å². The topological polar surface area (TPSA) is 41.6 Å². The van der Waals surface area contributed by atoms with Crippen LogP contribution in [0.4, 0.5) is 0 Å². The third-order valence-electron chi connectivity index (χ3n) is 4.72. The number of piperidine rings is 1. The van der Waals surface area contributed by atoms with Crippen LogP contribution in [0, 0.1) is 5.92 Å². The monoisotopic (exact) mass is 252 g/mol. The summed E-state index contributed by atoms with van der Waals surface area (Å²) in [6.07, 6.45) is 6.80. The maximum absolute atomic E-state index is 12.2. The number of ether oxygens (including phenoxy) is 1. The van der Waals surface area contributed by atoms with Crippen LogP contribution in [-0.2, 0) is 9.53 Å². The first-order valence-electron chi connectivity index (χ1n) is 7.48. The van der Waals surface area contributed by atoms with Crippen molar-refractivity contribution in [2.24, 2.45) is 5.92 Å². The van der Waals surface area contributed by atoms with Crippen LogP contribution < -0.4 is 5.32 Å². The molecule has 1 N–H and O–H groups in total. The molecule has 1 unspecified atom stereocenters. The van der Waals surface area contributed by atoms with Crippen molar-refractivity contribution in [3.8, 4) is 0 Å². The maximum Gasteiger partial charge on any atom is 0.251 e. The van der Waals surface area contributed by atoms with Crippen molar-refractivity contribution in [1.82, 2.24) is 10.2 Å². The van der Waals surface area contributed by atoms with Crippen LogP contribution in [0.15, 0.2) is 0 Å². The van der Waals surface area contributed by atoms with Crippen LogP contribution in [0.5, 0.6) is 0 Å². The van der Waals surface area contributed by atoms with Crippen molar-refractivity contribution in [2.75, 3.05) is 26.2 Å². The third-order valence-corrected chi connectivity index (χ3v) is 4.72. The number of carbonyl (C=O) groups is 1. The lowest BCUT2D eigenvalue weighted by Gasteiger charge is -2.35. The molecule has 3 aliphatic rings. The Morgan fingerprint density at radius 3 is 2.56 bits per heavy atom. The van der Waals surface area contributed by atoms with Gasteiger partial charge >= 0.3 is 0 Å². The predicted octanol–water partition coefficient (Wildman–Crippen LogP) is 1.16. The van der Waals surface area contributed by atoms with E-state index in [2.05, 4.69) is 5.32 Å². The van der Waals surface area contributed by atoms with E-state index in [0.29, 0.717) is 6.04 Å². The zero-order chi connectivity index (χ0) is 12.4. The van der Waals surface area contributed by atoms with Crippen LogP contribution in [-0.4, -0.2) is 49.2 Å². The minimum Gasteiger partial charge on any atom is -0.368 e. The molecule has 3 heterocycles. The molecule has 3 saturated heterocycles. The largest absolute Gasteiger partial charge is 0.368 e. The summed E-state index contributed by atoms with van der Waals surface area (Å²) >= 11 is 0. The molecule has 3 fully saturated rings. The lowest BCUT2D eigenvalue weighted by atomic mass is 9.88. The average molecular weight is 252 g/mol. The Bertz CT molecular complexity index is 288. The molecule has 0 spiro atoms. The highest BCUT2D eigenvalue weighted by Gasteiger charge is 2.33. The highest BCUT2D eigenvalue weighted by Crippen LogP contribution is 2.26. The van der Waals surface area contributed by atoms with Crippen molar-refractivity contribution >= 4 is 5.91 Å². The lowest BCUT2D eigenvalue weighted by molar-refractivity contribution is -0.142. The zero-order valence-corrected chi connectivity index (χ0v) is 11.1. The van der Waals surface area contributed by atoms with Gasteiger partial charge in [-0.3, -0.25) is 4.79 Å². The normalized spacial score (nSPS) is 34.1. The van der Waals surface area contributed by atoms with E-state index in [1.807, 2.05) is 4.90 Å². The number of carbonyl (C=O) groups excluding carboxylic acids is 1. The van der Waals surface area contributed by atoms with Crippen LogP contribution in [0.3, 0.4) is 0 Å². The molecule has 0 saturated carbocycles. The van der Waals surface area contributed by atoms with Gasteiger partial charge in [-0.1, -0.05) is 0 Å². The molecule has 1 amide bonds. The van der Waals surface area contributed by atoms with Crippen LogP contribution >= 0.6 is 0 Å². The second-order valence-electron chi connectivity index (χ2n) is 5.87. The Morgan fingerprint density at radius 1 is 1.11 bits per heavy atom. The third kappa shape index (κ3) is 2.54. The summed E-state index contributed by atoms with van der Waals surface area (Å²) < 4.78 is 5.49. The predicted molar refractivity (Wildman–Crippen MR) is 69.3 cm³/mol. The first kappa shape index (κ1) is 12.4. The molecular weight excluding hydrogens is 228 g/mol.